The van der Waals surface area contributed by atoms with Gasteiger partial charge in [-0.05, 0) is 37.5 Å². The summed E-state index contributed by atoms with van der Waals surface area (Å²) in [6.07, 6.45) is 1.89. The van der Waals surface area contributed by atoms with Crippen molar-refractivity contribution in [3.8, 4) is 11.5 Å². The number of carbonyl (C=O) groups excluding carboxylic acids is 1. The summed E-state index contributed by atoms with van der Waals surface area (Å²) in [5.41, 5.74) is 1.21. The number of ether oxygens (including phenoxy) is 2. The predicted octanol–water partition coefficient (Wildman–Crippen LogP) is 2.38. The Morgan fingerprint density at radius 2 is 1.75 bits per heavy atom. The maximum atomic E-state index is 11.5. The van der Waals surface area contributed by atoms with Crippen LogP contribution in [0, 0.1) is 0 Å². The van der Waals surface area contributed by atoms with Gasteiger partial charge in [0.05, 0.1) is 14.2 Å². The molecule has 8 heteroatoms. The molecule has 28 heavy (non-hydrogen) atoms. The Labute approximate surface area is 185 Å². The van der Waals surface area contributed by atoms with Gasteiger partial charge in [-0.3, -0.25) is 9.79 Å². The van der Waals surface area contributed by atoms with Crippen LogP contribution in [0.25, 0.3) is 0 Å². The number of piperazine rings is 1. The van der Waals surface area contributed by atoms with Crippen molar-refractivity contribution in [1.29, 1.82) is 0 Å². The minimum absolute atomic E-state index is 0. The zero-order chi connectivity index (χ0) is 19.6. The van der Waals surface area contributed by atoms with Crippen LogP contribution in [0.15, 0.2) is 23.2 Å². The first-order valence-electron chi connectivity index (χ1n) is 9.58. The Morgan fingerprint density at radius 3 is 2.32 bits per heavy atom. The summed E-state index contributed by atoms with van der Waals surface area (Å²) >= 11 is 0. The van der Waals surface area contributed by atoms with Crippen LogP contribution in [0.4, 0.5) is 0 Å². The van der Waals surface area contributed by atoms with E-state index in [2.05, 4.69) is 23.2 Å². The molecule has 2 rings (SSSR count). The number of hydrogen-bond acceptors (Lipinski definition) is 4. The van der Waals surface area contributed by atoms with Crippen molar-refractivity contribution in [2.75, 3.05) is 53.5 Å². The van der Waals surface area contributed by atoms with Gasteiger partial charge in [-0.15, -0.1) is 24.0 Å². The van der Waals surface area contributed by atoms with Crippen molar-refractivity contribution < 1.29 is 14.3 Å². The van der Waals surface area contributed by atoms with Crippen LogP contribution in [-0.4, -0.2) is 75.2 Å². The first kappa shape index (κ1) is 24.3. The van der Waals surface area contributed by atoms with Crippen molar-refractivity contribution in [2.45, 2.75) is 26.7 Å². The first-order chi connectivity index (χ1) is 13.1. The second-order valence-electron chi connectivity index (χ2n) is 6.52. The van der Waals surface area contributed by atoms with E-state index in [1.54, 1.807) is 21.1 Å². The summed E-state index contributed by atoms with van der Waals surface area (Å²) in [7, 11) is 3.30. The van der Waals surface area contributed by atoms with Crippen LogP contribution in [0.1, 0.15) is 25.8 Å². The molecule has 1 N–H and O–H groups in total. The smallest absolute Gasteiger partial charge is 0.219 e. The zero-order valence-corrected chi connectivity index (χ0v) is 19.7. The number of methoxy groups -OCH3 is 2. The van der Waals surface area contributed by atoms with Gasteiger partial charge in [0, 0.05) is 46.2 Å². The quantitative estimate of drug-likeness (QED) is 0.268. The lowest BCUT2D eigenvalue weighted by Crippen LogP contribution is -2.53. The summed E-state index contributed by atoms with van der Waals surface area (Å²) < 4.78 is 10.6. The number of aryl methyl sites for hydroxylation is 1. The maximum Gasteiger partial charge on any atom is 0.219 e. The highest BCUT2D eigenvalue weighted by molar-refractivity contribution is 14.0. The summed E-state index contributed by atoms with van der Waals surface area (Å²) in [6.45, 7) is 8.44. The van der Waals surface area contributed by atoms with Crippen molar-refractivity contribution in [1.82, 2.24) is 15.1 Å². The van der Waals surface area contributed by atoms with Crippen LogP contribution in [-0.2, 0) is 11.2 Å². The van der Waals surface area contributed by atoms with E-state index in [0.29, 0.717) is 0 Å². The van der Waals surface area contributed by atoms with Gasteiger partial charge < -0.3 is 24.6 Å². The topological polar surface area (TPSA) is 66.4 Å². The summed E-state index contributed by atoms with van der Waals surface area (Å²) in [4.78, 5) is 20.4. The normalized spacial score (nSPS) is 14.4. The van der Waals surface area contributed by atoms with Crippen LogP contribution in [0.3, 0.4) is 0 Å². The van der Waals surface area contributed by atoms with Crippen molar-refractivity contribution in [3.05, 3.63) is 23.8 Å². The van der Waals surface area contributed by atoms with Gasteiger partial charge in [0.25, 0.3) is 0 Å². The lowest BCUT2D eigenvalue weighted by Gasteiger charge is -2.36. The number of rotatable bonds is 7. The molecular weight excluding hydrogens is 471 g/mol. The highest BCUT2D eigenvalue weighted by Gasteiger charge is 2.20. The Morgan fingerprint density at radius 1 is 1.11 bits per heavy atom. The third-order valence-electron chi connectivity index (χ3n) is 4.69. The number of nitrogens with one attached hydrogen (secondary N) is 1. The number of guanidine groups is 1. The number of benzene rings is 1. The average molecular weight is 504 g/mol. The van der Waals surface area contributed by atoms with Crippen molar-refractivity contribution >= 4 is 35.8 Å². The lowest BCUT2D eigenvalue weighted by molar-refractivity contribution is -0.130. The summed E-state index contributed by atoms with van der Waals surface area (Å²) in [6, 6.07) is 6.03. The second-order valence-corrected chi connectivity index (χ2v) is 6.52. The van der Waals surface area contributed by atoms with E-state index in [1.807, 2.05) is 17.0 Å². The van der Waals surface area contributed by atoms with E-state index in [1.165, 1.54) is 5.56 Å². The third-order valence-corrected chi connectivity index (χ3v) is 4.69. The summed E-state index contributed by atoms with van der Waals surface area (Å²) in [5, 5.41) is 3.36. The van der Waals surface area contributed by atoms with Gasteiger partial charge in [-0.25, -0.2) is 0 Å². The molecular formula is C20H33IN4O3. The molecule has 0 saturated carbocycles. The van der Waals surface area contributed by atoms with Crippen LogP contribution in [0.2, 0.25) is 0 Å². The number of aliphatic imine (C=N–C) groups is 1. The van der Waals surface area contributed by atoms with E-state index in [9.17, 15) is 4.79 Å². The summed E-state index contributed by atoms with van der Waals surface area (Å²) in [5.74, 6) is 2.59. The van der Waals surface area contributed by atoms with Gasteiger partial charge in [0.15, 0.2) is 17.5 Å². The largest absolute Gasteiger partial charge is 0.493 e. The van der Waals surface area contributed by atoms with Gasteiger partial charge in [-0.2, -0.15) is 0 Å². The second kappa shape index (κ2) is 12.7. The highest BCUT2D eigenvalue weighted by atomic mass is 127. The molecule has 0 spiro atoms. The van der Waals surface area contributed by atoms with Crippen LogP contribution < -0.4 is 14.8 Å². The number of hydrogen-bond donors (Lipinski definition) is 1. The predicted molar refractivity (Wildman–Crippen MR) is 123 cm³/mol. The molecule has 0 radical (unpaired) electrons. The molecule has 1 aromatic carbocycles. The fourth-order valence-corrected chi connectivity index (χ4v) is 3.16. The SMILES string of the molecule is CCNC(=NCCCc1ccc(OC)c(OC)c1)N1CCN(C(C)=O)CC1.I. The molecule has 1 fully saturated rings. The zero-order valence-electron chi connectivity index (χ0n) is 17.4. The monoisotopic (exact) mass is 504 g/mol. The molecule has 0 bridgehead atoms. The molecule has 0 unspecified atom stereocenters. The molecule has 1 saturated heterocycles. The van der Waals surface area contributed by atoms with E-state index in [-0.39, 0.29) is 29.9 Å². The number of amides is 1. The molecule has 7 nitrogen and oxygen atoms in total. The maximum absolute atomic E-state index is 11.5. The molecule has 0 atom stereocenters. The average Bonchev–Trinajstić information content (AvgIpc) is 2.70. The van der Waals surface area contributed by atoms with Crippen molar-refractivity contribution in [3.63, 3.8) is 0 Å². The Kier molecular flexibility index (Phi) is 11.0. The standard InChI is InChI=1S/C20H32N4O3.HI/c1-5-21-20(24-13-11-23(12-14-24)16(2)25)22-10-6-7-17-8-9-18(26-3)19(15-17)27-4;/h8-9,15H,5-7,10-14H2,1-4H3,(H,21,22);1H. The van der Waals surface area contributed by atoms with E-state index in [0.717, 1.165) is 69.6 Å². The molecule has 158 valence electrons. The molecule has 0 aromatic heterocycles. The number of carbonyl (C=O) groups is 1. The van der Waals surface area contributed by atoms with Gasteiger partial charge in [-0.1, -0.05) is 6.07 Å². The van der Waals surface area contributed by atoms with Crippen LogP contribution >= 0.6 is 24.0 Å². The van der Waals surface area contributed by atoms with E-state index >= 15 is 0 Å². The molecule has 1 aliphatic heterocycles. The first-order valence-corrected chi connectivity index (χ1v) is 9.58. The lowest BCUT2D eigenvalue weighted by atomic mass is 10.1. The molecule has 1 amide bonds. The highest BCUT2D eigenvalue weighted by Crippen LogP contribution is 2.27. The molecule has 0 aliphatic carbocycles. The Bertz CT molecular complexity index is 646. The Hall–Kier alpha value is -1.71. The van der Waals surface area contributed by atoms with Crippen LogP contribution in [0.5, 0.6) is 11.5 Å². The number of nitrogens with zero attached hydrogens (tertiary/aromatic N) is 3. The fourth-order valence-electron chi connectivity index (χ4n) is 3.16. The molecule has 1 aromatic rings. The number of halogens is 1. The molecule has 1 aliphatic rings. The van der Waals surface area contributed by atoms with Crippen molar-refractivity contribution in [2.24, 2.45) is 4.99 Å². The van der Waals surface area contributed by atoms with E-state index < -0.39 is 0 Å². The van der Waals surface area contributed by atoms with Gasteiger partial charge in [0.1, 0.15) is 0 Å². The van der Waals surface area contributed by atoms with E-state index in [4.69, 9.17) is 14.5 Å². The minimum atomic E-state index is 0. The molecule has 1 heterocycles. The fraction of sp³-hybridized carbons (Fsp3) is 0.600. The van der Waals surface area contributed by atoms with Gasteiger partial charge >= 0.3 is 0 Å². The third kappa shape index (κ3) is 7.03. The Balaban J connectivity index is 0.00000392. The minimum Gasteiger partial charge on any atom is -0.493 e. The van der Waals surface area contributed by atoms with Gasteiger partial charge in [0.2, 0.25) is 5.91 Å².